The van der Waals surface area contributed by atoms with Crippen molar-refractivity contribution in [1.29, 1.82) is 0 Å². The van der Waals surface area contributed by atoms with Gasteiger partial charge in [-0.25, -0.2) is 9.97 Å². The highest BCUT2D eigenvalue weighted by Crippen LogP contribution is 2.30. The summed E-state index contributed by atoms with van der Waals surface area (Å²) in [6.07, 6.45) is 5.13. The maximum atomic E-state index is 5.69. The lowest BCUT2D eigenvalue weighted by Crippen LogP contribution is -2.28. The molecule has 0 radical (unpaired) electrons. The first-order chi connectivity index (χ1) is 9.36. The molecule has 1 heterocycles. The average molecular weight is 257 g/mol. The van der Waals surface area contributed by atoms with Gasteiger partial charge in [0.15, 0.2) is 0 Å². The molecule has 0 saturated heterocycles. The predicted octanol–water partition coefficient (Wildman–Crippen LogP) is 2.51. The van der Waals surface area contributed by atoms with Gasteiger partial charge in [-0.05, 0) is 12.1 Å². The molecule has 2 aromatic rings. The molecule has 0 amide bonds. The van der Waals surface area contributed by atoms with Crippen molar-refractivity contribution in [3.05, 3.63) is 60.2 Å². The molecule has 2 unspecified atom stereocenters. The van der Waals surface area contributed by atoms with Crippen LogP contribution in [0.2, 0.25) is 0 Å². The summed E-state index contributed by atoms with van der Waals surface area (Å²) in [5.74, 6) is 0. The Morgan fingerprint density at radius 1 is 1.11 bits per heavy atom. The first-order valence-corrected chi connectivity index (χ1v) is 6.42. The molecular formula is C15H19N3O. The molecule has 0 aliphatic rings. The minimum Gasteiger partial charge on any atom is -0.375 e. The van der Waals surface area contributed by atoms with E-state index in [0.717, 1.165) is 17.7 Å². The van der Waals surface area contributed by atoms with Gasteiger partial charge in [0.1, 0.15) is 12.4 Å². The van der Waals surface area contributed by atoms with Crippen LogP contribution >= 0.6 is 0 Å². The molecular weight excluding hydrogens is 238 g/mol. The van der Waals surface area contributed by atoms with Crippen molar-refractivity contribution in [3.8, 4) is 0 Å². The Labute approximate surface area is 113 Å². The summed E-state index contributed by atoms with van der Waals surface area (Å²) in [6, 6.07) is 10.2. The van der Waals surface area contributed by atoms with Gasteiger partial charge < -0.3 is 10.1 Å². The fraction of sp³-hybridized carbons (Fsp3) is 0.333. The molecule has 0 aliphatic carbocycles. The minimum atomic E-state index is -0.0628. The van der Waals surface area contributed by atoms with Crippen molar-refractivity contribution in [2.45, 2.75) is 19.1 Å². The summed E-state index contributed by atoms with van der Waals surface area (Å²) in [6.45, 7) is 2.93. The Kier molecular flexibility index (Phi) is 5.01. The fourth-order valence-electron chi connectivity index (χ4n) is 2.20. The van der Waals surface area contributed by atoms with Crippen molar-refractivity contribution in [1.82, 2.24) is 15.3 Å². The third kappa shape index (κ3) is 3.36. The van der Waals surface area contributed by atoms with Crippen LogP contribution in [0.4, 0.5) is 0 Å². The highest BCUT2D eigenvalue weighted by Gasteiger charge is 2.24. The van der Waals surface area contributed by atoms with Crippen LogP contribution in [0.5, 0.6) is 0 Å². The smallest absolute Gasteiger partial charge is 0.115 e. The predicted molar refractivity (Wildman–Crippen MR) is 74.6 cm³/mol. The third-order valence-electron chi connectivity index (χ3n) is 3.05. The molecule has 0 saturated carbocycles. The average Bonchev–Trinajstić information content (AvgIpc) is 2.49. The summed E-state index contributed by atoms with van der Waals surface area (Å²) in [5.41, 5.74) is 2.17. The number of likely N-dealkylation sites (N-methyl/N-ethyl adjacent to an activating group) is 1. The number of hydrogen-bond donors (Lipinski definition) is 1. The molecule has 4 heteroatoms. The van der Waals surface area contributed by atoms with Crippen molar-refractivity contribution in [2.24, 2.45) is 0 Å². The monoisotopic (exact) mass is 257 g/mol. The van der Waals surface area contributed by atoms with Gasteiger partial charge in [0.05, 0.1) is 6.04 Å². The zero-order valence-corrected chi connectivity index (χ0v) is 11.3. The fourth-order valence-corrected chi connectivity index (χ4v) is 2.20. The molecule has 4 nitrogen and oxygen atoms in total. The summed E-state index contributed by atoms with van der Waals surface area (Å²) in [7, 11) is 1.73. The van der Waals surface area contributed by atoms with Gasteiger partial charge in [-0.1, -0.05) is 37.3 Å². The van der Waals surface area contributed by atoms with Crippen LogP contribution < -0.4 is 5.32 Å². The number of nitrogens with one attached hydrogen (secondary N) is 1. The van der Waals surface area contributed by atoms with Gasteiger partial charge in [0, 0.05) is 25.1 Å². The molecule has 0 fully saturated rings. The van der Waals surface area contributed by atoms with Gasteiger partial charge in [0.25, 0.3) is 0 Å². The maximum Gasteiger partial charge on any atom is 0.115 e. The van der Waals surface area contributed by atoms with Crippen LogP contribution in [0.25, 0.3) is 0 Å². The molecule has 1 aromatic heterocycles. The number of ether oxygens (including phenoxy) is 1. The number of aromatic nitrogens is 2. The molecule has 0 bridgehead atoms. The van der Waals surface area contributed by atoms with Crippen LogP contribution in [0.3, 0.4) is 0 Å². The topological polar surface area (TPSA) is 47.0 Å². The molecule has 2 rings (SSSR count). The van der Waals surface area contributed by atoms with Crippen LogP contribution in [0.1, 0.15) is 30.2 Å². The number of rotatable bonds is 6. The van der Waals surface area contributed by atoms with E-state index < -0.39 is 0 Å². The SMILES string of the molecule is CCNC(c1cncnc1)C(OC)c1ccccc1. The Bertz CT molecular complexity index is 475. The molecule has 1 aromatic carbocycles. The standard InChI is InChI=1S/C15H19N3O/c1-3-18-14(13-9-16-11-17-10-13)15(19-2)12-7-5-4-6-8-12/h4-11,14-15,18H,3H2,1-2H3. The van der Waals surface area contributed by atoms with Crippen LogP contribution in [0.15, 0.2) is 49.1 Å². The molecule has 0 aliphatic heterocycles. The van der Waals surface area contributed by atoms with E-state index in [9.17, 15) is 0 Å². The van der Waals surface area contributed by atoms with E-state index in [4.69, 9.17) is 4.74 Å². The lowest BCUT2D eigenvalue weighted by atomic mass is 9.97. The minimum absolute atomic E-state index is 0.0404. The van der Waals surface area contributed by atoms with Gasteiger partial charge in [-0.2, -0.15) is 0 Å². The number of benzene rings is 1. The summed E-state index contributed by atoms with van der Waals surface area (Å²) >= 11 is 0. The van der Waals surface area contributed by atoms with E-state index in [0.29, 0.717) is 0 Å². The van der Waals surface area contributed by atoms with Crippen molar-refractivity contribution >= 4 is 0 Å². The molecule has 2 atom stereocenters. The first kappa shape index (κ1) is 13.6. The normalized spacial score (nSPS) is 14.0. The lowest BCUT2D eigenvalue weighted by molar-refractivity contribution is 0.0679. The van der Waals surface area contributed by atoms with Crippen molar-refractivity contribution in [3.63, 3.8) is 0 Å². The largest absolute Gasteiger partial charge is 0.375 e. The Balaban J connectivity index is 2.31. The molecule has 0 spiro atoms. The second kappa shape index (κ2) is 6.97. The summed E-state index contributed by atoms with van der Waals surface area (Å²) < 4.78 is 5.69. The lowest BCUT2D eigenvalue weighted by Gasteiger charge is -2.27. The van der Waals surface area contributed by atoms with Crippen LogP contribution in [0, 0.1) is 0 Å². The van der Waals surface area contributed by atoms with E-state index in [-0.39, 0.29) is 12.1 Å². The van der Waals surface area contributed by atoms with Crippen LogP contribution in [-0.4, -0.2) is 23.6 Å². The summed E-state index contributed by atoms with van der Waals surface area (Å²) in [5, 5.41) is 3.44. The second-order valence-electron chi connectivity index (χ2n) is 4.27. The Hall–Kier alpha value is -1.78. The first-order valence-electron chi connectivity index (χ1n) is 6.42. The Morgan fingerprint density at radius 2 is 1.79 bits per heavy atom. The van der Waals surface area contributed by atoms with Gasteiger partial charge in [-0.15, -0.1) is 0 Å². The van der Waals surface area contributed by atoms with Crippen LogP contribution in [-0.2, 0) is 4.74 Å². The number of methoxy groups -OCH3 is 1. The van der Waals surface area contributed by atoms with E-state index in [1.165, 1.54) is 6.33 Å². The van der Waals surface area contributed by atoms with Gasteiger partial charge in [-0.3, -0.25) is 0 Å². The van der Waals surface area contributed by atoms with E-state index in [1.807, 2.05) is 30.6 Å². The number of nitrogens with zero attached hydrogens (tertiary/aromatic N) is 2. The van der Waals surface area contributed by atoms with Crippen molar-refractivity contribution in [2.75, 3.05) is 13.7 Å². The van der Waals surface area contributed by atoms with E-state index in [1.54, 1.807) is 7.11 Å². The van der Waals surface area contributed by atoms with E-state index >= 15 is 0 Å². The van der Waals surface area contributed by atoms with Gasteiger partial charge in [0.2, 0.25) is 0 Å². The third-order valence-corrected chi connectivity index (χ3v) is 3.05. The maximum absolute atomic E-state index is 5.69. The zero-order valence-electron chi connectivity index (χ0n) is 11.3. The van der Waals surface area contributed by atoms with Gasteiger partial charge >= 0.3 is 0 Å². The number of hydrogen-bond acceptors (Lipinski definition) is 4. The van der Waals surface area contributed by atoms with Crippen molar-refractivity contribution < 1.29 is 4.74 Å². The second-order valence-corrected chi connectivity index (χ2v) is 4.27. The Morgan fingerprint density at radius 3 is 2.37 bits per heavy atom. The molecule has 1 N–H and O–H groups in total. The highest BCUT2D eigenvalue weighted by atomic mass is 16.5. The molecule has 19 heavy (non-hydrogen) atoms. The molecule has 100 valence electrons. The summed E-state index contributed by atoms with van der Waals surface area (Å²) in [4.78, 5) is 8.18. The zero-order chi connectivity index (χ0) is 13.5. The van der Waals surface area contributed by atoms with E-state index in [2.05, 4.69) is 34.3 Å². The quantitative estimate of drug-likeness (QED) is 0.863. The highest BCUT2D eigenvalue weighted by molar-refractivity contribution is 5.23.